The number of esters is 2. The van der Waals surface area contributed by atoms with Crippen molar-refractivity contribution in [3.05, 3.63) is 38.4 Å². The van der Waals surface area contributed by atoms with Gasteiger partial charge in [0.15, 0.2) is 0 Å². The normalized spacial score (nSPS) is 19.2. The molecule has 152 valence electrons. The molecule has 12 heteroatoms. The van der Waals surface area contributed by atoms with Crippen molar-refractivity contribution in [3.8, 4) is 0 Å². The molecule has 0 aromatic heterocycles. The lowest BCUT2D eigenvalue weighted by Gasteiger charge is -2.26. The highest BCUT2D eigenvalue weighted by molar-refractivity contribution is 7.97. The van der Waals surface area contributed by atoms with Crippen molar-refractivity contribution in [2.24, 2.45) is 0 Å². The van der Waals surface area contributed by atoms with Gasteiger partial charge in [-0.15, -0.1) is 0 Å². The molecule has 1 fully saturated rings. The van der Waals surface area contributed by atoms with Gasteiger partial charge in [0.2, 0.25) is 0 Å². The first-order valence-electron chi connectivity index (χ1n) is 8.52. The summed E-state index contributed by atoms with van der Waals surface area (Å²) in [5.74, 6) is -1.10. The Morgan fingerprint density at radius 2 is 1.61 bits per heavy atom. The van der Waals surface area contributed by atoms with E-state index in [2.05, 4.69) is 0 Å². The third kappa shape index (κ3) is 4.75. The van der Waals surface area contributed by atoms with Gasteiger partial charge in [-0.05, 0) is 44.7 Å². The Morgan fingerprint density at radius 3 is 2.04 bits per heavy atom. The minimum atomic E-state index is -0.797. The van der Waals surface area contributed by atoms with Gasteiger partial charge in [-0.25, -0.2) is 4.31 Å². The van der Waals surface area contributed by atoms with E-state index in [1.807, 2.05) is 0 Å². The largest absolute Gasteiger partial charge is 0.465 e. The molecule has 0 N–H and O–H groups in total. The summed E-state index contributed by atoms with van der Waals surface area (Å²) in [6.07, 6.45) is 0.631. The zero-order chi connectivity index (χ0) is 20.8. The maximum absolute atomic E-state index is 12.3. The molecule has 0 aliphatic carbocycles. The molecule has 0 radical (unpaired) electrons. The minimum Gasteiger partial charge on any atom is -0.465 e. The smallest absolute Gasteiger partial charge is 0.324 e. The van der Waals surface area contributed by atoms with Crippen molar-refractivity contribution in [1.82, 2.24) is 4.31 Å². The molecule has 1 aromatic rings. The van der Waals surface area contributed by atoms with Gasteiger partial charge in [-0.3, -0.25) is 29.8 Å². The van der Waals surface area contributed by atoms with Gasteiger partial charge in [-0.1, -0.05) is 0 Å². The molecule has 1 aliphatic heterocycles. The number of ether oxygens (including phenoxy) is 2. The van der Waals surface area contributed by atoms with Crippen molar-refractivity contribution < 1.29 is 28.9 Å². The third-order valence-corrected chi connectivity index (χ3v) is 5.26. The Hall–Kier alpha value is -2.73. The Balaban J connectivity index is 2.39. The van der Waals surface area contributed by atoms with Crippen LogP contribution in [0, 0.1) is 20.2 Å². The van der Waals surface area contributed by atoms with Crippen LogP contribution in [0.5, 0.6) is 0 Å². The highest BCUT2D eigenvalue weighted by atomic mass is 32.2. The van der Waals surface area contributed by atoms with E-state index in [0.29, 0.717) is 12.8 Å². The average Bonchev–Trinajstić information content (AvgIpc) is 3.05. The number of hydrogen-bond donors (Lipinski definition) is 0. The van der Waals surface area contributed by atoms with E-state index in [-0.39, 0.29) is 18.1 Å². The highest BCUT2D eigenvalue weighted by Gasteiger charge is 2.44. The lowest BCUT2D eigenvalue weighted by atomic mass is 10.2. The number of non-ortho nitro benzene ring substituents is 1. The fraction of sp³-hybridized carbons (Fsp3) is 0.500. The van der Waals surface area contributed by atoms with Gasteiger partial charge in [0.05, 0.1) is 29.1 Å². The maximum atomic E-state index is 12.3. The van der Waals surface area contributed by atoms with Crippen LogP contribution in [0.15, 0.2) is 23.1 Å². The highest BCUT2D eigenvalue weighted by Crippen LogP contribution is 2.41. The molecule has 0 amide bonds. The van der Waals surface area contributed by atoms with E-state index in [0.717, 1.165) is 24.1 Å². The predicted octanol–water partition coefficient (Wildman–Crippen LogP) is 2.47. The van der Waals surface area contributed by atoms with Crippen molar-refractivity contribution in [2.45, 2.75) is 43.7 Å². The van der Waals surface area contributed by atoms with Crippen LogP contribution < -0.4 is 0 Å². The monoisotopic (exact) mass is 413 g/mol. The number of carbonyl (C=O) groups excluding carboxylic acids is 2. The third-order valence-electron chi connectivity index (χ3n) is 4.00. The summed E-state index contributed by atoms with van der Waals surface area (Å²) in [6.45, 7) is 3.59. The van der Waals surface area contributed by atoms with Crippen LogP contribution >= 0.6 is 11.9 Å². The molecule has 1 aliphatic rings. The summed E-state index contributed by atoms with van der Waals surface area (Å²) in [6, 6.07) is 1.61. The number of carbonyl (C=O) groups is 2. The first kappa shape index (κ1) is 21.6. The van der Waals surface area contributed by atoms with Crippen molar-refractivity contribution in [3.63, 3.8) is 0 Å². The van der Waals surface area contributed by atoms with E-state index in [9.17, 15) is 29.8 Å². The van der Waals surface area contributed by atoms with E-state index in [1.54, 1.807) is 13.8 Å². The number of hydrogen-bond acceptors (Lipinski definition) is 10. The van der Waals surface area contributed by atoms with Gasteiger partial charge in [0.1, 0.15) is 17.0 Å². The molecule has 0 spiro atoms. The minimum absolute atomic E-state index is 0.0705. The van der Waals surface area contributed by atoms with Crippen LogP contribution in [0.2, 0.25) is 0 Å². The number of rotatable bonds is 8. The first-order chi connectivity index (χ1) is 13.3. The van der Waals surface area contributed by atoms with Crippen LogP contribution in [0.25, 0.3) is 0 Å². The number of benzene rings is 1. The van der Waals surface area contributed by atoms with Crippen molar-refractivity contribution >= 4 is 35.3 Å². The van der Waals surface area contributed by atoms with Gasteiger partial charge in [-0.2, -0.15) is 0 Å². The zero-order valence-electron chi connectivity index (χ0n) is 15.2. The lowest BCUT2D eigenvalue weighted by molar-refractivity contribution is -0.396. The molecule has 1 heterocycles. The Labute approximate surface area is 164 Å². The molecule has 1 aromatic carbocycles. The van der Waals surface area contributed by atoms with Crippen molar-refractivity contribution in [1.29, 1.82) is 0 Å². The summed E-state index contributed by atoms with van der Waals surface area (Å²) < 4.78 is 11.5. The summed E-state index contributed by atoms with van der Waals surface area (Å²) in [4.78, 5) is 45.4. The molecule has 0 unspecified atom stereocenters. The quantitative estimate of drug-likeness (QED) is 0.270. The van der Waals surface area contributed by atoms with E-state index >= 15 is 0 Å². The van der Waals surface area contributed by atoms with Gasteiger partial charge >= 0.3 is 11.9 Å². The molecule has 11 nitrogen and oxygen atoms in total. The van der Waals surface area contributed by atoms with Crippen LogP contribution in [0.4, 0.5) is 11.4 Å². The topological polar surface area (TPSA) is 142 Å². The fourth-order valence-corrected chi connectivity index (χ4v) is 4.01. The molecular weight excluding hydrogens is 394 g/mol. The van der Waals surface area contributed by atoms with Gasteiger partial charge < -0.3 is 9.47 Å². The number of nitro groups is 2. The van der Waals surface area contributed by atoms with Crippen LogP contribution in [-0.2, 0) is 19.1 Å². The predicted molar refractivity (Wildman–Crippen MR) is 97.5 cm³/mol. The molecule has 2 rings (SSSR count). The van der Waals surface area contributed by atoms with Crippen LogP contribution in [-0.4, -0.2) is 51.4 Å². The Kier molecular flexibility index (Phi) is 7.29. The number of nitrogens with zero attached hydrogens (tertiary/aromatic N) is 3. The molecule has 28 heavy (non-hydrogen) atoms. The summed E-state index contributed by atoms with van der Waals surface area (Å²) in [5, 5.41) is 22.3. The SMILES string of the molecule is CCOC(=O)[C@H]1CC[C@H](C(=O)OCC)N1Sc1ccc([N+](=O)[O-])cc1[N+](=O)[O-]. The maximum Gasteiger partial charge on any atom is 0.324 e. The molecule has 2 atom stereocenters. The average molecular weight is 413 g/mol. The second-order valence-electron chi connectivity index (χ2n) is 5.73. The van der Waals surface area contributed by atoms with Crippen molar-refractivity contribution in [2.75, 3.05) is 13.2 Å². The van der Waals surface area contributed by atoms with Crippen LogP contribution in [0.1, 0.15) is 26.7 Å². The molecule has 0 bridgehead atoms. The molecular formula is C16H19N3O8S. The first-order valence-corrected chi connectivity index (χ1v) is 9.29. The van der Waals surface area contributed by atoms with Gasteiger partial charge in [0, 0.05) is 6.07 Å². The van der Waals surface area contributed by atoms with E-state index < -0.39 is 45.2 Å². The Bertz CT molecular complexity index is 761. The second-order valence-corrected chi connectivity index (χ2v) is 6.77. The zero-order valence-corrected chi connectivity index (χ0v) is 16.0. The molecule has 1 saturated heterocycles. The van der Waals surface area contributed by atoms with E-state index in [4.69, 9.17) is 9.47 Å². The second kappa shape index (κ2) is 9.46. The van der Waals surface area contributed by atoms with E-state index in [1.165, 1.54) is 10.4 Å². The van der Waals surface area contributed by atoms with Gasteiger partial charge in [0.25, 0.3) is 11.4 Å². The number of nitro benzene ring substituents is 2. The summed E-state index contributed by atoms with van der Waals surface area (Å²) in [5.41, 5.74) is -0.919. The Morgan fingerprint density at radius 1 is 1.07 bits per heavy atom. The summed E-state index contributed by atoms with van der Waals surface area (Å²) >= 11 is 0.819. The fourth-order valence-electron chi connectivity index (χ4n) is 2.79. The summed E-state index contributed by atoms with van der Waals surface area (Å²) in [7, 11) is 0. The lowest BCUT2D eigenvalue weighted by Crippen LogP contribution is -2.41. The van der Waals surface area contributed by atoms with Crippen LogP contribution in [0.3, 0.4) is 0 Å². The molecule has 0 saturated carbocycles. The standard InChI is InChI=1S/C16H19N3O8S/c1-3-26-15(20)11-6-7-12(16(21)27-4-2)17(11)28-14-8-5-10(18(22)23)9-13(14)19(24)25/h5,8-9,11-12H,3-4,6-7H2,1-2H3/t11-,12-/m1/s1.